The number of benzene rings is 3. The molecule has 0 aromatic heterocycles. The van der Waals surface area contributed by atoms with Gasteiger partial charge in [-0.2, -0.15) is 0 Å². The van der Waals surface area contributed by atoms with Crippen LogP contribution in [0.15, 0.2) is 66.7 Å². The molecule has 150 valence electrons. The number of fused-ring (bicyclic) bond motifs is 1. The number of hydrogen-bond donors (Lipinski definition) is 1. The van der Waals surface area contributed by atoms with Crippen LogP contribution in [0.2, 0.25) is 10.0 Å². The summed E-state index contributed by atoms with van der Waals surface area (Å²) in [7, 11) is 0. The van der Waals surface area contributed by atoms with Crippen molar-refractivity contribution >= 4 is 52.3 Å². The maximum Gasteiger partial charge on any atom is 0.266 e. The summed E-state index contributed by atoms with van der Waals surface area (Å²) in [5, 5.41) is 3.20. The third kappa shape index (κ3) is 3.75. The van der Waals surface area contributed by atoms with Crippen LogP contribution in [-0.4, -0.2) is 24.3 Å². The molecule has 3 amide bonds. The summed E-state index contributed by atoms with van der Waals surface area (Å²) in [4.78, 5) is 38.4. The van der Waals surface area contributed by atoms with Gasteiger partial charge in [0, 0.05) is 0 Å². The number of ether oxygens (including phenoxy) is 1. The van der Waals surface area contributed by atoms with E-state index in [-0.39, 0.29) is 11.6 Å². The number of carbonyl (C=O) groups is 3. The second-order valence-corrected chi connectivity index (χ2v) is 7.24. The van der Waals surface area contributed by atoms with E-state index in [1.807, 2.05) is 0 Å². The minimum absolute atomic E-state index is 0.176. The minimum Gasteiger partial charge on any atom is -0.482 e. The van der Waals surface area contributed by atoms with Crippen LogP contribution in [-0.2, 0) is 4.79 Å². The molecule has 0 saturated carbocycles. The Labute approximate surface area is 182 Å². The fourth-order valence-corrected chi connectivity index (χ4v) is 3.47. The molecule has 0 radical (unpaired) electrons. The van der Waals surface area contributed by atoms with Crippen LogP contribution in [0.1, 0.15) is 20.7 Å². The van der Waals surface area contributed by atoms with Crippen LogP contribution in [0.3, 0.4) is 0 Å². The zero-order valence-corrected chi connectivity index (χ0v) is 16.9. The number of imide groups is 1. The molecule has 0 saturated heterocycles. The number of amides is 3. The molecule has 1 N–H and O–H groups in total. The molecule has 1 aliphatic rings. The molecular weight excluding hydrogens is 427 g/mol. The molecule has 30 heavy (non-hydrogen) atoms. The van der Waals surface area contributed by atoms with Crippen molar-refractivity contribution in [2.75, 3.05) is 16.8 Å². The normalized spacial score (nSPS) is 12.7. The molecule has 0 atom stereocenters. The Bertz CT molecular complexity index is 1140. The van der Waals surface area contributed by atoms with Gasteiger partial charge in [-0.25, -0.2) is 4.90 Å². The quantitative estimate of drug-likeness (QED) is 0.577. The third-order valence-corrected chi connectivity index (χ3v) is 5.10. The van der Waals surface area contributed by atoms with Crippen molar-refractivity contribution in [1.29, 1.82) is 0 Å². The van der Waals surface area contributed by atoms with Crippen molar-refractivity contribution in [2.24, 2.45) is 0 Å². The van der Waals surface area contributed by atoms with E-state index in [4.69, 9.17) is 27.9 Å². The van der Waals surface area contributed by atoms with Gasteiger partial charge in [0.2, 0.25) is 0 Å². The van der Waals surface area contributed by atoms with Gasteiger partial charge in [-0.3, -0.25) is 14.4 Å². The summed E-state index contributed by atoms with van der Waals surface area (Å²) in [6.07, 6.45) is 0. The lowest BCUT2D eigenvalue weighted by atomic mass is 10.1. The predicted molar refractivity (Wildman–Crippen MR) is 115 cm³/mol. The summed E-state index contributed by atoms with van der Waals surface area (Å²) in [5.41, 5.74) is 1.32. The first-order valence-electron chi connectivity index (χ1n) is 8.90. The van der Waals surface area contributed by atoms with Crippen molar-refractivity contribution in [2.45, 2.75) is 0 Å². The minimum atomic E-state index is -0.440. The van der Waals surface area contributed by atoms with E-state index < -0.39 is 17.7 Å². The fraction of sp³-hybridized carbons (Fsp3) is 0.0455. The molecule has 3 aromatic rings. The van der Waals surface area contributed by atoms with Crippen molar-refractivity contribution in [3.63, 3.8) is 0 Å². The maximum atomic E-state index is 12.6. The number of nitrogens with one attached hydrogen (secondary N) is 1. The largest absolute Gasteiger partial charge is 0.482 e. The molecule has 3 aromatic carbocycles. The number of nitrogens with zero attached hydrogens (tertiary/aromatic N) is 1. The molecule has 0 fully saturated rings. The molecular formula is C22H14Cl2N2O4. The van der Waals surface area contributed by atoms with Gasteiger partial charge in [-0.15, -0.1) is 0 Å². The molecule has 6 nitrogen and oxygen atoms in total. The molecule has 4 rings (SSSR count). The van der Waals surface area contributed by atoms with Gasteiger partial charge in [-0.1, -0.05) is 47.5 Å². The van der Waals surface area contributed by atoms with Crippen LogP contribution < -0.4 is 15.0 Å². The number of hydrogen-bond acceptors (Lipinski definition) is 4. The lowest BCUT2D eigenvalue weighted by Gasteiger charge is -2.16. The van der Waals surface area contributed by atoms with E-state index in [9.17, 15) is 14.4 Å². The van der Waals surface area contributed by atoms with Crippen LogP contribution >= 0.6 is 23.2 Å². The highest BCUT2D eigenvalue weighted by atomic mass is 35.5. The summed E-state index contributed by atoms with van der Waals surface area (Å²) in [6.45, 7) is -0.264. The second kappa shape index (κ2) is 8.18. The van der Waals surface area contributed by atoms with Crippen molar-refractivity contribution < 1.29 is 19.1 Å². The first-order valence-corrected chi connectivity index (χ1v) is 9.66. The van der Waals surface area contributed by atoms with Gasteiger partial charge in [0.25, 0.3) is 17.7 Å². The van der Waals surface area contributed by atoms with Crippen molar-refractivity contribution in [3.05, 3.63) is 87.9 Å². The Morgan fingerprint density at radius 1 is 0.867 bits per heavy atom. The van der Waals surface area contributed by atoms with Crippen molar-refractivity contribution in [1.82, 2.24) is 0 Å². The van der Waals surface area contributed by atoms with Gasteiger partial charge in [0.15, 0.2) is 6.61 Å². The second-order valence-electron chi connectivity index (χ2n) is 6.42. The zero-order chi connectivity index (χ0) is 21.3. The first kappa shape index (κ1) is 19.9. The molecule has 0 unspecified atom stereocenters. The van der Waals surface area contributed by atoms with E-state index >= 15 is 0 Å². The Hall–Kier alpha value is -3.35. The Morgan fingerprint density at radius 3 is 2.13 bits per heavy atom. The first-order chi connectivity index (χ1) is 14.5. The number of rotatable bonds is 5. The van der Waals surface area contributed by atoms with Gasteiger partial charge < -0.3 is 10.1 Å². The zero-order valence-electron chi connectivity index (χ0n) is 15.4. The molecule has 1 aliphatic heterocycles. The van der Waals surface area contributed by atoms with Crippen LogP contribution in [0, 0.1) is 0 Å². The standard InChI is InChI=1S/C22H14Cl2N2O4/c23-16-7-3-4-8-19(16)30-12-20(27)25-18-10-9-13(11-17(18)24)26-21(28)14-5-1-2-6-15(14)22(26)29/h1-11H,12H2,(H,25,27). The number of para-hydroxylation sites is 1. The molecule has 8 heteroatoms. The van der Waals surface area contributed by atoms with E-state index in [0.29, 0.717) is 33.3 Å². The lowest BCUT2D eigenvalue weighted by Crippen LogP contribution is -2.29. The summed E-state index contributed by atoms with van der Waals surface area (Å²) < 4.78 is 5.40. The molecule has 0 spiro atoms. The molecule has 0 aliphatic carbocycles. The SMILES string of the molecule is O=C(COc1ccccc1Cl)Nc1ccc(N2C(=O)c3ccccc3C2=O)cc1Cl. The van der Waals surface area contributed by atoms with E-state index in [0.717, 1.165) is 4.90 Å². The van der Waals surface area contributed by atoms with Gasteiger partial charge in [0.1, 0.15) is 5.75 Å². The average Bonchev–Trinajstić information content (AvgIpc) is 3.00. The summed E-state index contributed by atoms with van der Waals surface area (Å²) >= 11 is 12.3. The monoisotopic (exact) mass is 440 g/mol. The maximum absolute atomic E-state index is 12.6. The molecule has 0 bridgehead atoms. The van der Waals surface area contributed by atoms with Gasteiger partial charge in [0.05, 0.1) is 32.5 Å². The highest BCUT2D eigenvalue weighted by Crippen LogP contribution is 2.33. The average molecular weight is 441 g/mol. The Morgan fingerprint density at radius 2 is 1.50 bits per heavy atom. The third-order valence-electron chi connectivity index (χ3n) is 4.47. The van der Waals surface area contributed by atoms with E-state index in [2.05, 4.69) is 5.32 Å². The number of carbonyl (C=O) groups excluding carboxylic acids is 3. The van der Waals surface area contributed by atoms with E-state index in [1.165, 1.54) is 18.2 Å². The Kier molecular flexibility index (Phi) is 5.44. The number of anilines is 2. The van der Waals surface area contributed by atoms with E-state index in [1.54, 1.807) is 48.5 Å². The van der Waals surface area contributed by atoms with Crippen LogP contribution in [0.5, 0.6) is 5.75 Å². The summed E-state index contributed by atoms with van der Waals surface area (Å²) in [5.74, 6) is -0.889. The fourth-order valence-electron chi connectivity index (χ4n) is 3.06. The highest BCUT2D eigenvalue weighted by Gasteiger charge is 2.36. The van der Waals surface area contributed by atoms with Crippen molar-refractivity contribution in [3.8, 4) is 5.75 Å². The van der Waals surface area contributed by atoms with Gasteiger partial charge >= 0.3 is 0 Å². The predicted octanol–water partition coefficient (Wildman–Crippen LogP) is 4.81. The Balaban J connectivity index is 1.46. The highest BCUT2D eigenvalue weighted by molar-refractivity contribution is 6.36. The summed E-state index contributed by atoms with van der Waals surface area (Å²) in [6, 6.07) is 17.9. The van der Waals surface area contributed by atoms with Crippen LogP contribution in [0.4, 0.5) is 11.4 Å². The molecule has 1 heterocycles. The topological polar surface area (TPSA) is 75.7 Å². The smallest absolute Gasteiger partial charge is 0.266 e. The van der Waals surface area contributed by atoms with Crippen LogP contribution in [0.25, 0.3) is 0 Å². The van der Waals surface area contributed by atoms with Gasteiger partial charge in [-0.05, 0) is 42.5 Å². The number of halogens is 2. The lowest BCUT2D eigenvalue weighted by molar-refractivity contribution is -0.118.